The molecule has 1 atom stereocenters. The number of carbonyl (C=O) groups is 1. The summed E-state index contributed by atoms with van der Waals surface area (Å²) in [6.07, 6.45) is -0.290. The van der Waals surface area contributed by atoms with Crippen LogP contribution in [0.3, 0.4) is 0 Å². The van der Waals surface area contributed by atoms with Gasteiger partial charge in [0, 0.05) is 0 Å². The van der Waals surface area contributed by atoms with Gasteiger partial charge in [-0.1, -0.05) is 18.1 Å². The molecule has 0 amide bonds. The van der Waals surface area contributed by atoms with Crippen molar-refractivity contribution >= 4 is 16.1 Å². The van der Waals surface area contributed by atoms with Crippen molar-refractivity contribution in [2.75, 3.05) is 0 Å². The molecular formula is C13H11F3O5S. The van der Waals surface area contributed by atoms with Crippen molar-refractivity contribution in [3.8, 4) is 17.6 Å². The zero-order chi connectivity index (χ0) is 17.0. The summed E-state index contributed by atoms with van der Waals surface area (Å²) >= 11 is 0. The highest BCUT2D eigenvalue weighted by Gasteiger charge is 2.48. The van der Waals surface area contributed by atoms with E-state index in [1.807, 2.05) is 0 Å². The molecule has 0 bridgehead atoms. The van der Waals surface area contributed by atoms with Crippen molar-refractivity contribution in [3.05, 3.63) is 29.8 Å². The van der Waals surface area contributed by atoms with Gasteiger partial charge in [-0.25, -0.2) is 0 Å². The number of hydrogen-bond acceptors (Lipinski definition) is 4. The number of halogens is 3. The van der Waals surface area contributed by atoms with Crippen LogP contribution in [0.15, 0.2) is 24.3 Å². The summed E-state index contributed by atoms with van der Waals surface area (Å²) in [5, 5.41) is 8.77. The number of carboxylic acids is 1. The van der Waals surface area contributed by atoms with Crippen LogP contribution in [0.25, 0.3) is 0 Å². The first-order valence-corrected chi connectivity index (χ1v) is 7.22. The quantitative estimate of drug-likeness (QED) is 0.508. The van der Waals surface area contributed by atoms with Gasteiger partial charge in [-0.2, -0.15) is 21.6 Å². The van der Waals surface area contributed by atoms with Gasteiger partial charge in [-0.3, -0.25) is 4.79 Å². The second-order valence-corrected chi connectivity index (χ2v) is 5.63. The van der Waals surface area contributed by atoms with Crippen LogP contribution >= 0.6 is 0 Å². The number of carboxylic acid groups (broad SMARTS) is 1. The summed E-state index contributed by atoms with van der Waals surface area (Å²) in [4.78, 5) is 10.7. The molecule has 0 spiro atoms. The molecule has 22 heavy (non-hydrogen) atoms. The van der Waals surface area contributed by atoms with E-state index in [4.69, 9.17) is 5.11 Å². The first kappa shape index (κ1) is 17.8. The molecule has 0 radical (unpaired) electrons. The molecule has 1 unspecified atom stereocenters. The average molecular weight is 336 g/mol. The van der Waals surface area contributed by atoms with Crippen LogP contribution in [0.1, 0.15) is 24.8 Å². The molecule has 120 valence electrons. The van der Waals surface area contributed by atoms with Gasteiger partial charge >= 0.3 is 21.6 Å². The van der Waals surface area contributed by atoms with Gasteiger partial charge in [0.2, 0.25) is 0 Å². The van der Waals surface area contributed by atoms with E-state index in [0.717, 1.165) is 12.1 Å². The lowest BCUT2D eigenvalue weighted by Gasteiger charge is -2.11. The summed E-state index contributed by atoms with van der Waals surface area (Å²) in [7, 11) is -5.74. The number of rotatable bonds is 5. The number of hydrogen-bond donors (Lipinski definition) is 1. The first-order valence-electron chi connectivity index (χ1n) is 5.81. The van der Waals surface area contributed by atoms with Gasteiger partial charge < -0.3 is 9.29 Å². The zero-order valence-electron chi connectivity index (χ0n) is 11.2. The van der Waals surface area contributed by atoms with E-state index in [2.05, 4.69) is 16.0 Å². The van der Waals surface area contributed by atoms with Crippen molar-refractivity contribution in [1.82, 2.24) is 0 Å². The van der Waals surface area contributed by atoms with Gasteiger partial charge in [0.15, 0.2) is 0 Å². The van der Waals surface area contributed by atoms with Crippen LogP contribution in [0.5, 0.6) is 5.75 Å². The molecule has 5 nitrogen and oxygen atoms in total. The predicted molar refractivity (Wildman–Crippen MR) is 70.5 cm³/mol. The van der Waals surface area contributed by atoms with Crippen LogP contribution in [-0.2, 0) is 14.9 Å². The lowest BCUT2D eigenvalue weighted by Crippen LogP contribution is -2.28. The van der Waals surface area contributed by atoms with Gasteiger partial charge in [-0.15, -0.1) is 5.92 Å². The third-order valence-electron chi connectivity index (χ3n) is 2.47. The van der Waals surface area contributed by atoms with E-state index < -0.39 is 33.3 Å². The zero-order valence-corrected chi connectivity index (χ0v) is 12.0. The molecule has 0 heterocycles. The monoisotopic (exact) mass is 336 g/mol. The third-order valence-corrected chi connectivity index (χ3v) is 3.45. The molecule has 1 N–H and O–H groups in total. The summed E-state index contributed by atoms with van der Waals surface area (Å²) in [5.41, 5.74) is -5.10. The molecule has 0 aromatic heterocycles. The van der Waals surface area contributed by atoms with E-state index in [9.17, 15) is 26.4 Å². The van der Waals surface area contributed by atoms with Crippen molar-refractivity contribution in [1.29, 1.82) is 0 Å². The highest BCUT2D eigenvalue weighted by molar-refractivity contribution is 7.87. The van der Waals surface area contributed by atoms with Crippen LogP contribution in [0.2, 0.25) is 0 Å². The molecule has 0 aliphatic rings. The minimum Gasteiger partial charge on any atom is -0.481 e. The topological polar surface area (TPSA) is 80.7 Å². The van der Waals surface area contributed by atoms with Crippen molar-refractivity contribution < 1.29 is 35.7 Å². The molecule has 1 aromatic carbocycles. The highest BCUT2D eigenvalue weighted by atomic mass is 32.2. The lowest BCUT2D eigenvalue weighted by atomic mass is 9.96. The lowest BCUT2D eigenvalue weighted by molar-refractivity contribution is -0.137. The smallest absolute Gasteiger partial charge is 0.481 e. The van der Waals surface area contributed by atoms with Crippen molar-refractivity contribution in [2.24, 2.45) is 0 Å². The Morgan fingerprint density at radius 1 is 1.32 bits per heavy atom. The fourth-order valence-electron chi connectivity index (χ4n) is 1.53. The highest BCUT2D eigenvalue weighted by Crippen LogP contribution is 2.28. The molecule has 0 saturated heterocycles. The Labute approximate surface area is 124 Å². The minimum absolute atomic E-state index is 0.290. The third kappa shape index (κ3) is 4.66. The number of alkyl halides is 3. The molecule has 0 aliphatic carbocycles. The maximum absolute atomic E-state index is 12.2. The largest absolute Gasteiger partial charge is 0.534 e. The summed E-state index contributed by atoms with van der Waals surface area (Å²) < 4.78 is 62.1. The van der Waals surface area contributed by atoms with Gasteiger partial charge in [-0.05, 0) is 24.6 Å². The fraction of sp³-hybridized carbons (Fsp3) is 0.308. The molecule has 1 rings (SSSR count). The molecule has 0 saturated carbocycles. The second-order valence-electron chi connectivity index (χ2n) is 4.10. The normalized spacial score (nSPS) is 12.9. The van der Waals surface area contributed by atoms with Crippen molar-refractivity contribution in [3.63, 3.8) is 0 Å². The Balaban J connectivity index is 2.99. The number of benzene rings is 1. The van der Waals surface area contributed by atoms with E-state index in [1.165, 1.54) is 19.1 Å². The summed E-state index contributed by atoms with van der Waals surface area (Å²) in [5.74, 6) is 2.93. The summed E-state index contributed by atoms with van der Waals surface area (Å²) in [6, 6.07) is 4.54. The summed E-state index contributed by atoms with van der Waals surface area (Å²) in [6.45, 7) is 1.52. The van der Waals surface area contributed by atoms with E-state index >= 15 is 0 Å². The maximum Gasteiger partial charge on any atom is 0.534 e. The van der Waals surface area contributed by atoms with Gasteiger partial charge in [0.1, 0.15) is 5.75 Å². The molecule has 0 fully saturated rings. The van der Waals surface area contributed by atoms with Crippen LogP contribution in [0, 0.1) is 11.8 Å². The predicted octanol–water partition coefficient (Wildman–Crippen LogP) is 2.50. The fourth-order valence-corrected chi connectivity index (χ4v) is 1.99. The molecular weight excluding hydrogens is 325 g/mol. The Morgan fingerprint density at radius 3 is 2.27 bits per heavy atom. The Morgan fingerprint density at radius 2 is 1.86 bits per heavy atom. The van der Waals surface area contributed by atoms with E-state index in [1.54, 1.807) is 0 Å². The minimum atomic E-state index is -5.74. The first-order chi connectivity index (χ1) is 10.1. The van der Waals surface area contributed by atoms with Crippen LogP contribution in [-0.4, -0.2) is 25.0 Å². The molecule has 9 heteroatoms. The van der Waals surface area contributed by atoms with Crippen LogP contribution in [0.4, 0.5) is 13.2 Å². The second kappa shape index (κ2) is 6.70. The SMILES string of the molecule is CC#CC(CC(=O)O)c1ccc(OS(=O)(=O)C(F)(F)F)cc1. The van der Waals surface area contributed by atoms with Gasteiger partial charge in [0.25, 0.3) is 0 Å². The van der Waals surface area contributed by atoms with Crippen molar-refractivity contribution in [2.45, 2.75) is 24.8 Å². The van der Waals surface area contributed by atoms with E-state index in [-0.39, 0.29) is 6.42 Å². The maximum atomic E-state index is 12.2. The van der Waals surface area contributed by atoms with E-state index in [0.29, 0.717) is 5.56 Å². The Kier molecular flexibility index (Phi) is 5.43. The molecule has 1 aromatic rings. The number of aliphatic carboxylic acids is 1. The standard InChI is InChI=1S/C13H11F3O5S/c1-2-3-10(8-12(17)18)9-4-6-11(7-5-9)21-22(19,20)13(14,15)16/h4-7,10H,8H2,1H3,(H,17,18). The Hall–Kier alpha value is -2.21. The Bertz CT molecular complexity index is 696. The van der Waals surface area contributed by atoms with Crippen LogP contribution < -0.4 is 4.18 Å². The van der Waals surface area contributed by atoms with Gasteiger partial charge in [0.05, 0.1) is 12.3 Å². The average Bonchev–Trinajstić information content (AvgIpc) is 2.37. The molecule has 0 aliphatic heterocycles.